The molecular formula is C18H18F3N5. The van der Waals surface area contributed by atoms with E-state index in [2.05, 4.69) is 20.6 Å². The van der Waals surface area contributed by atoms with Gasteiger partial charge in [-0.15, -0.1) is 0 Å². The number of aromatic nitrogens is 3. The highest BCUT2D eigenvalue weighted by Gasteiger charge is 2.33. The van der Waals surface area contributed by atoms with Crippen LogP contribution in [0.1, 0.15) is 40.9 Å². The van der Waals surface area contributed by atoms with Gasteiger partial charge in [0.05, 0.1) is 11.6 Å². The van der Waals surface area contributed by atoms with Gasteiger partial charge in [-0.25, -0.2) is 4.98 Å². The maximum Gasteiger partial charge on any atom is 0.416 e. The fourth-order valence-electron chi connectivity index (χ4n) is 3.55. The van der Waals surface area contributed by atoms with E-state index in [0.717, 1.165) is 17.3 Å². The highest BCUT2D eigenvalue weighted by Crippen LogP contribution is 2.35. The van der Waals surface area contributed by atoms with Gasteiger partial charge in [0.15, 0.2) is 0 Å². The summed E-state index contributed by atoms with van der Waals surface area (Å²) < 4.78 is 41.5. The first-order valence-electron chi connectivity index (χ1n) is 8.35. The van der Waals surface area contributed by atoms with Crippen LogP contribution in [0, 0.1) is 6.92 Å². The van der Waals surface area contributed by atoms with E-state index in [1.54, 1.807) is 12.3 Å². The second kappa shape index (κ2) is 5.98. The van der Waals surface area contributed by atoms with Crippen molar-refractivity contribution < 1.29 is 13.2 Å². The van der Waals surface area contributed by atoms with Crippen molar-refractivity contribution in [3.63, 3.8) is 0 Å². The summed E-state index contributed by atoms with van der Waals surface area (Å²) in [6.45, 7) is 4.71. The predicted octanol–water partition coefficient (Wildman–Crippen LogP) is 3.83. The topological polar surface area (TPSA) is 54.2 Å². The standard InChI is InChI=1S/C18H18F3N5/c1-10-12(4-3-5-14(10)18(19,20)21)11(2)24-16-13-8-22-9-15(13)26-7-6-23-17(26)25-16/h3-7,11,22H,8-9H2,1-2H3,(H,23,24,25)/t11-/m1/s1. The summed E-state index contributed by atoms with van der Waals surface area (Å²) in [6.07, 6.45) is -0.818. The first-order chi connectivity index (χ1) is 12.4. The number of hydrogen-bond acceptors (Lipinski definition) is 4. The van der Waals surface area contributed by atoms with Crippen molar-refractivity contribution in [3.8, 4) is 0 Å². The Labute approximate surface area is 148 Å². The predicted molar refractivity (Wildman–Crippen MR) is 91.7 cm³/mol. The van der Waals surface area contributed by atoms with Gasteiger partial charge < -0.3 is 10.6 Å². The van der Waals surface area contributed by atoms with E-state index in [9.17, 15) is 13.2 Å². The van der Waals surface area contributed by atoms with Crippen molar-refractivity contribution in [3.05, 3.63) is 58.5 Å². The molecule has 1 aromatic carbocycles. The monoisotopic (exact) mass is 361 g/mol. The highest BCUT2D eigenvalue weighted by atomic mass is 19.4. The second-order valence-corrected chi connectivity index (χ2v) is 6.47. The lowest BCUT2D eigenvalue weighted by atomic mass is 9.97. The van der Waals surface area contributed by atoms with Gasteiger partial charge in [-0.3, -0.25) is 4.40 Å². The van der Waals surface area contributed by atoms with Gasteiger partial charge in [-0.2, -0.15) is 18.2 Å². The minimum Gasteiger partial charge on any atom is -0.363 e. The van der Waals surface area contributed by atoms with Crippen LogP contribution in [0.25, 0.3) is 5.78 Å². The number of anilines is 1. The number of hydrogen-bond donors (Lipinski definition) is 2. The first-order valence-corrected chi connectivity index (χ1v) is 8.35. The van der Waals surface area contributed by atoms with Crippen LogP contribution < -0.4 is 10.6 Å². The Bertz CT molecular complexity index is 977. The Morgan fingerprint density at radius 2 is 2.08 bits per heavy atom. The lowest BCUT2D eigenvalue weighted by Gasteiger charge is -2.21. The summed E-state index contributed by atoms with van der Waals surface area (Å²) in [5.41, 5.74) is 2.32. The average Bonchev–Trinajstić information content (AvgIpc) is 3.22. The maximum absolute atomic E-state index is 13.2. The van der Waals surface area contributed by atoms with Gasteiger partial charge in [0.25, 0.3) is 0 Å². The number of nitrogens with one attached hydrogen (secondary N) is 2. The maximum atomic E-state index is 13.2. The number of fused-ring (bicyclic) bond motifs is 3. The Morgan fingerprint density at radius 3 is 2.85 bits per heavy atom. The molecule has 0 saturated heterocycles. The largest absolute Gasteiger partial charge is 0.416 e. The van der Waals surface area contributed by atoms with Crippen molar-refractivity contribution in [2.24, 2.45) is 0 Å². The molecule has 0 unspecified atom stereocenters. The van der Waals surface area contributed by atoms with Crippen LogP contribution in [0.15, 0.2) is 30.6 Å². The van der Waals surface area contributed by atoms with Crippen molar-refractivity contribution in [2.75, 3.05) is 5.32 Å². The molecule has 136 valence electrons. The molecule has 1 aliphatic heterocycles. The van der Waals surface area contributed by atoms with E-state index >= 15 is 0 Å². The number of alkyl halides is 3. The molecule has 26 heavy (non-hydrogen) atoms. The molecule has 0 radical (unpaired) electrons. The van der Waals surface area contributed by atoms with Crippen LogP contribution in [0.4, 0.5) is 19.0 Å². The van der Waals surface area contributed by atoms with Gasteiger partial charge >= 0.3 is 6.18 Å². The normalized spacial score (nSPS) is 15.3. The number of imidazole rings is 1. The van der Waals surface area contributed by atoms with Crippen LogP contribution in [0.5, 0.6) is 0 Å². The van der Waals surface area contributed by atoms with E-state index in [0.29, 0.717) is 30.2 Å². The number of nitrogens with zero attached hydrogens (tertiary/aromatic N) is 3. The zero-order valence-electron chi connectivity index (χ0n) is 14.4. The Kier molecular flexibility index (Phi) is 3.87. The average molecular weight is 361 g/mol. The van der Waals surface area contributed by atoms with Crippen molar-refractivity contribution in [1.82, 2.24) is 19.7 Å². The van der Waals surface area contributed by atoms with E-state index in [1.807, 2.05) is 17.5 Å². The molecule has 0 spiro atoms. The molecule has 0 fully saturated rings. The van der Waals surface area contributed by atoms with Gasteiger partial charge in [0, 0.05) is 36.7 Å². The van der Waals surface area contributed by atoms with Gasteiger partial charge in [-0.05, 0) is 31.0 Å². The zero-order chi connectivity index (χ0) is 18.5. The second-order valence-electron chi connectivity index (χ2n) is 6.47. The Balaban J connectivity index is 1.72. The lowest BCUT2D eigenvalue weighted by Crippen LogP contribution is -2.15. The molecule has 2 aromatic heterocycles. The van der Waals surface area contributed by atoms with E-state index in [1.165, 1.54) is 13.0 Å². The molecule has 2 N–H and O–H groups in total. The van der Waals surface area contributed by atoms with Crippen LogP contribution in [-0.4, -0.2) is 14.4 Å². The summed E-state index contributed by atoms with van der Waals surface area (Å²) in [5, 5.41) is 6.57. The summed E-state index contributed by atoms with van der Waals surface area (Å²) >= 11 is 0. The SMILES string of the molecule is Cc1c([C@@H](C)Nc2nc3nccn3c3c2CNC3)cccc1C(F)(F)F. The third-order valence-electron chi connectivity index (χ3n) is 4.85. The molecule has 5 nitrogen and oxygen atoms in total. The molecule has 1 aliphatic rings. The fraction of sp³-hybridized carbons (Fsp3) is 0.333. The molecule has 3 aromatic rings. The van der Waals surface area contributed by atoms with E-state index in [4.69, 9.17) is 0 Å². The molecule has 0 saturated carbocycles. The third-order valence-corrected chi connectivity index (χ3v) is 4.85. The Morgan fingerprint density at radius 1 is 1.27 bits per heavy atom. The van der Waals surface area contributed by atoms with E-state index < -0.39 is 11.7 Å². The summed E-state index contributed by atoms with van der Waals surface area (Å²) in [4.78, 5) is 8.79. The summed E-state index contributed by atoms with van der Waals surface area (Å²) in [5.74, 6) is 1.23. The fourth-order valence-corrected chi connectivity index (χ4v) is 3.55. The first kappa shape index (κ1) is 16.8. The smallest absolute Gasteiger partial charge is 0.363 e. The third kappa shape index (κ3) is 2.70. The van der Waals surface area contributed by atoms with Crippen molar-refractivity contribution >= 4 is 11.6 Å². The van der Waals surface area contributed by atoms with Crippen molar-refractivity contribution in [2.45, 2.75) is 39.2 Å². The molecule has 8 heteroatoms. The molecule has 0 aliphatic carbocycles. The molecular weight excluding hydrogens is 343 g/mol. The molecule has 0 bridgehead atoms. The summed E-state index contributed by atoms with van der Waals surface area (Å²) in [7, 11) is 0. The minimum absolute atomic E-state index is 0.233. The molecule has 3 heterocycles. The number of rotatable bonds is 3. The van der Waals surface area contributed by atoms with Gasteiger partial charge in [0.1, 0.15) is 5.82 Å². The molecule has 1 atom stereocenters. The highest BCUT2D eigenvalue weighted by molar-refractivity contribution is 5.55. The van der Waals surface area contributed by atoms with Gasteiger partial charge in [-0.1, -0.05) is 12.1 Å². The number of halogens is 3. The van der Waals surface area contributed by atoms with Gasteiger partial charge in [0.2, 0.25) is 5.78 Å². The summed E-state index contributed by atoms with van der Waals surface area (Å²) in [6, 6.07) is 3.95. The molecule has 0 amide bonds. The zero-order valence-corrected chi connectivity index (χ0v) is 14.4. The van der Waals surface area contributed by atoms with Crippen LogP contribution in [0.3, 0.4) is 0 Å². The van der Waals surface area contributed by atoms with Crippen LogP contribution >= 0.6 is 0 Å². The van der Waals surface area contributed by atoms with Crippen LogP contribution in [0.2, 0.25) is 0 Å². The minimum atomic E-state index is -4.36. The van der Waals surface area contributed by atoms with Crippen LogP contribution in [-0.2, 0) is 19.3 Å². The number of benzene rings is 1. The quantitative estimate of drug-likeness (QED) is 0.744. The van der Waals surface area contributed by atoms with Crippen molar-refractivity contribution in [1.29, 1.82) is 0 Å². The molecule has 4 rings (SSSR count). The Hall–Kier alpha value is -2.61. The van der Waals surface area contributed by atoms with E-state index in [-0.39, 0.29) is 11.6 Å². The lowest BCUT2D eigenvalue weighted by molar-refractivity contribution is -0.138.